The standard InChI is InChI=1S/C12H18F3N3O2/c1-8(6-10(4-5-16)12(13,14)15)17-11(20)7-18(3)9(2)19/h4-6,11,17,20H,1,7,16H2,2-3H3/b5-4-,10-6+. The van der Waals surface area contributed by atoms with Gasteiger partial charge >= 0.3 is 6.18 Å². The molecule has 5 nitrogen and oxygen atoms in total. The average molecular weight is 293 g/mol. The molecule has 1 atom stereocenters. The third-order valence-electron chi connectivity index (χ3n) is 2.27. The highest BCUT2D eigenvalue weighted by atomic mass is 19.4. The maximum absolute atomic E-state index is 12.6. The van der Waals surface area contributed by atoms with E-state index in [0.717, 1.165) is 6.20 Å². The van der Waals surface area contributed by atoms with Gasteiger partial charge in [-0.15, -0.1) is 0 Å². The Morgan fingerprint density at radius 2 is 2.10 bits per heavy atom. The van der Waals surface area contributed by atoms with Gasteiger partial charge in [0.2, 0.25) is 5.91 Å². The molecule has 8 heteroatoms. The van der Waals surface area contributed by atoms with Gasteiger partial charge < -0.3 is 21.1 Å². The highest BCUT2D eigenvalue weighted by Gasteiger charge is 2.31. The number of nitrogens with zero attached hydrogens (tertiary/aromatic N) is 1. The van der Waals surface area contributed by atoms with Crippen molar-refractivity contribution in [2.45, 2.75) is 19.3 Å². The van der Waals surface area contributed by atoms with Crippen LogP contribution >= 0.6 is 0 Å². The summed E-state index contributed by atoms with van der Waals surface area (Å²) in [6, 6.07) is 0. The highest BCUT2D eigenvalue weighted by molar-refractivity contribution is 5.72. The van der Waals surface area contributed by atoms with Crippen LogP contribution in [0.2, 0.25) is 0 Å². The zero-order valence-electron chi connectivity index (χ0n) is 11.2. The average Bonchev–Trinajstić information content (AvgIpc) is 2.26. The highest BCUT2D eigenvalue weighted by Crippen LogP contribution is 2.27. The third-order valence-corrected chi connectivity index (χ3v) is 2.27. The summed E-state index contributed by atoms with van der Waals surface area (Å²) in [5, 5.41) is 11.9. The summed E-state index contributed by atoms with van der Waals surface area (Å²) in [5.74, 6) is -0.283. The number of carbonyl (C=O) groups is 1. The van der Waals surface area contributed by atoms with Crippen molar-refractivity contribution in [2.24, 2.45) is 5.73 Å². The minimum Gasteiger partial charge on any atom is -0.405 e. The van der Waals surface area contributed by atoms with Gasteiger partial charge in [-0.2, -0.15) is 13.2 Å². The van der Waals surface area contributed by atoms with Gasteiger partial charge in [0.05, 0.1) is 12.1 Å². The number of nitrogens with two attached hydrogens (primary N) is 1. The van der Waals surface area contributed by atoms with Crippen LogP contribution in [-0.4, -0.2) is 41.9 Å². The van der Waals surface area contributed by atoms with Crippen molar-refractivity contribution in [1.29, 1.82) is 0 Å². The summed E-state index contributed by atoms with van der Waals surface area (Å²) >= 11 is 0. The van der Waals surface area contributed by atoms with Crippen LogP contribution in [0.3, 0.4) is 0 Å². The summed E-state index contributed by atoms with van der Waals surface area (Å²) in [5.41, 5.74) is 3.77. The van der Waals surface area contributed by atoms with E-state index in [4.69, 9.17) is 5.73 Å². The normalized spacial score (nSPS) is 14.2. The summed E-state index contributed by atoms with van der Waals surface area (Å²) in [4.78, 5) is 12.1. The van der Waals surface area contributed by atoms with Gasteiger partial charge in [-0.1, -0.05) is 6.58 Å². The molecular formula is C12H18F3N3O2. The first-order valence-corrected chi connectivity index (χ1v) is 5.60. The second-order valence-electron chi connectivity index (χ2n) is 4.04. The summed E-state index contributed by atoms with van der Waals surface area (Å²) in [6.45, 7) is 4.57. The van der Waals surface area contributed by atoms with E-state index >= 15 is 0 Å². The first kappa shape index (κ1) is 18.0. The molecule has 0 spiro atoms. The maximum atomic E-state index is 12.6. The summed E-state index contributed by atoms with van der Waals surface area (Å²) < 4.78 is 37.7. The fourth-order valence-corrected chi connectivity index (χ4v) is 1.21. The van der Waals surface area contributed by atoms with Crippen LogP contribution in [0.25, 0.3) is 0 Å². The monoisotopic (exact) mass is 293 g/mol. The Labute approximate surface area is 115 Å². The van der Waals surface area contributed by atoms with Crippen LogP contribution in [0.1, 0.15) is 6.92 Å². The molecule has 0 fully saturated rings. The molecule has 0 aliphatic carbocycles. The van der Waals surface area contributed by atoms with Crippen molar-refractivity contribution in [1.82, 2.24) is 10.2 Å². The number of allylic oxidation sites excluding steroid dienone is 3. The van der Waals surface area contributed by atoms with E-state index in [-0.39, 0.29) is 18.1 Å². The van der Waals surface area contributed by atoms with Crippen LogP contribution < -0.4 is 11.1 Å². The first-order valence-electron chi connectivity index (χ1n) is 5.60. The Morgan fingerprint density at radius 1 is 1.55 bits per heavy atom. The van der Waals surface area contributed by atoms with E-state index in [1.807, 2.05) is 0 Å². The topological polar surface area (TPSA) is 78.6 Å². The van der Waals surface area contributed by atoms with E-state index in [0.29, 0.717) is 12.2 Å². The van der Waals surface area contributed by atoms with Crippen LogP contribution in [0.15, 0.2) is 36.2 Å². The van der Waals surface area contributed by atoms with Gasteiger partial charge in [0, 0.05) is 19.7 Å². The van der Waals surface area contributed by atoms with Gasteiger partial charge in [0.15, 0.2) is 0 Å². The van der Waals surface area contributed by atoms with E-state index in [1.165, 1.54) is 18.9 Å². The number of hydrogen-bond acceptors (Lipinski definition) is 4. The Balaban J connectivity index is 4.71. The van der Waals surface area contributed by atoms with E-state index in [2.05, 4.69) is 11.9 Å². The SMILES string of the molecule is C=C(/C=C(\C=C/N)C(F)(F)F)NC(O)CN(C)C(C)=O. The molecule has 0 saturated carbocycles. The van der Waals surface area contributed by atoms with Crippen molar-refractivity contribution in [3.63, 3.8) is 0 Å². The van der Waals surface area contributed by atoms with Crippen molar-refractivity contribution in [2.75, 3.05) is 13.6 Å². The van der Waals surface area contributed by atoms with Crippen LogP contribution in [0.4, 0.5) is 13.2 Å². The third kappa shape index (κ3) is 6.83. The predicted molar refractivity (Wildman–Crippen MR) is 69.1 cm³/mol. The number of aliphatic hydroxyl groups excluding tert-OH is 1. The molecule has 0 aromatic carbocycles. The molecule has 1 amide bonds. The van der Waals surface area contributed by atoms with Gasteiger partial charge in [-0.05, 0) is 18.4 Å². The number of carbonyl (C=O) groups excluding carboxylic acids is 1. The Morgan fingerprint density at radius 3 is 2.50 bits per heavy atom. The number of halogens is 3. The number of rotatable bonds is 6. The Hall–Kier alpha value is -1.96. The number of hydrogen-bond donors (Lipinski definition) is 3. The minimum absolute atomic E-state index is 0.0870. The molecule has 20 heavy (non-hydrogen) atoms. The van der Waals surface area contributed by atoms with Gasteiger partial charge in [-0.25, -0.2) is 0 Å². The molecule has 0 radical (unpaired) electrons. The number of aliphatic hydroxyl groups is 1. The van der Waals surface area contributed by atoms with Crippen LogP contribution in [-0.2, 0) is 4.79 Å². The lowest BCUT2D eigenvalue weighted by Gasteiger charge is -2.21. The van der Waals surface area contributed by atoms with Crippen molar-refractivity contribution < 1.29 is 23.1 Å². The second kappa shape index (κ2) is 7.59. The maximum Gasteiger partial charge on any atom is 0.416 e. The molecule has 0 aliphatic rings. The van der Waals surface area contributed by atoms with Crippen molar-refractivity contribution >= 4 is 5.91 Å². The minimum atomic E-state index is -4.58. The summed E-state index contributed by atoms with van der Waals surface area (Å²) in [6.07, 6.45) is -3.67. The second-order valence-corrected chi connectivity index (χ2v) is 4.04. The molecular weight excluding hydrogens is 275 g/mol. The molecule has 0 aromatic rings. The molecule has 0 saturated heterocycles. The van der Waals surface area contributed by atoms with Gasteiger partial charge in [0.1, 0.15) is 6.23 Å². The van der Waals surface area contributed by atoms with E-state index in [9.17, 15) is 23.1 Å². The fourth-order valence-electron chi connectivity index (χ4n) is 1.21. The molecule has 0 aliphatic heterocycles. The molecule has 0 heterocycles. The number of nitrogens with one attached hydrogen (secondary N) is 1. The number of amides is 1. The Bertz CT molecular complexity index is 417. The smallest absolute Gasteiger partial charge is 0.405 e. The number of likely N-dealkylation sites (N-methyl/N-ethyl adjacent to an activating group) is 1. The van der Waals surface area contributed by atoms with E-state index < -0.39 is 18.0 Å². The van der Waals surface area contributed by atoms with Crippen molar-refractivity contribution in [3.8, 4) is 0 Å². The van der Waals surface area contributed by atoms with Crippen LogP contribution in [0.5, 0.6) is 0 Å². The number of alkyl halides is 3. The molecule has 4 N–H and O–H groups in total. The zero-order valence-corrected chi connectivity index (χ0v) is 11.2. The lowest BCUT2D eigenvalue weighted by Crippen LogP contribution is -2.40. The lowest BCUT2D eigenvalue weighted by atomic mass is 10.2. The predicted octanol–water partition coefficient (Wildman–Crippen LogP) is 0.847. The molecule has 114 valence electrons. The Kier molecular flexibility index (Phi) is 6.84. The molecule has 1 unspecified atom stereocenters. The zero-order chi connectivity index (χ0) is 15.9. The fraction of sp³-hybridized carbons (Fsp3) is 0.417. The lowest BCUT2D eigenvalue weighted by molar-refractivity contribution is -0.129. The van der Waals surface area contributed by atoms with Gasteiger partial charge in [0.25, 0.3) is 0 Å². The quantitative estimate of drug-likeness (QED) is 0.501. The summed E-state index contributed by atoms with van der Waals surface area (Å²) in [7, 11) is 1.45. The largest absolute Gasteiger partial charge is 0.416 e. The van der Waals surface area contributed by atoms with E-state index in [1.54, 1.807) is 0 Å². The molecule has 0 bridgehead atoms. The van der Waals surface area contributed by atoms with Gasteiger partial charge in [-0.3, -0.25) is 4.79 Å². The van der Waals surface area contributed by atoms with Crippen LogP contribution in [0, 0.1) is 0 Å². The molecule has 0 aromatic heterocycles. The first-order chi connectivity index (χ1) is 9.07. The van der Waals surface area contributed by atoms with Crippen molar-refractivity contribution in [3.05, 3.63) is 36.2 Å². The molecule has 0 rings (SSSR count).